The van der Waals surface area contributed by atoms with Crippen LogP contribution in [0.15, 0.2) is 35.7 Å². The molecule has 24 heavy (non-hydrogen) atoms. The van der Waals surface area contributed by atoms with Gasteiger partial charge in [0.2, 0.25) is 0 Å². The first kappa shape index (κ1) is 17.1. The lowest BCUT2D eigenvalue weighted by Crippen LogP contribution is -2.16. The lowest BCUT2D eigenvalue weighted by atomic mass is 10.2. The van der Waals surface area contributed by atoms with E-state index in [0.29, 0.717) is 6.54 Å². The van der Waals surface area contributed by atoms with Gasteiger partial charge in [-0.05, 0) is 43.2 Å². The van der Waals surface area contributed by atoms with Gasteiger partial charge in [0.25, 0.3) is 0 Å². The number of thiophene rings is 1. The molecule has 0 aliphatic heterocycles. The number of nitrogens with zero attached hydrogens (tertiary/aromatic N) is 1. The van der Waals surface area contributed by atoms with Crippen LogP contribution in [0.4, 0.5) is 4.39 Å². The van der Waals surface area contributed by atoms with E-state index in [0.717, 1.165) is 29.2 Å². The fourth-order valence-electron chi connectivity index (χ4n) is 2.39. The molecule has 0 aliphatic carbocycles. The van der Waals surface area contributed by atoms with Crippen LogP contribution in [0.3, 0.4) is 0 Å². The van der Waals surface area contributed by atoms with E-state index in [4.69, 9.17) is 4.74 Å². The summed E-state index contributed by atoms with van der Waals surface area (Å²) in [6, 6.07) is 9.34. The minimum Gasteiger partial charge on any atom is -0.494 e. The Morgan fingerprint density at radius 2 is 2.12 bits per heavy atom. The summed E-state index contributed by atoms with van der Waals surface area (Å²) in [5, 5.41) is 6.54. The summed E-state index contributed by atoms with van der Waals surface area (Å²) in [5.41, 5.74) is 1.98. The van der Waals surface area contributed by atoms with E-state index in [1.165, 1.54) is 22.9 Å². The van der Waals surface area contributed by atoms with Gasteiger partial charge < -0.3 is 10.1 Å². The standard InChI is InChI=1S/C18H19FN2OS2/c1-12-21-16(11-23-12)18-6-4-14(24-18)7-8-20-10-13-3-5-17(22-2)15(19)9-13/h3-6,9,11,20H,7-8,10H2,1-2H3. The maximum absolute atomic E-state index is 13.6. The summed E-state index contributed by atoms with van der Waals surface area (Å²) in [6.45, 7) is 3.52. The quantitative estimate of drug-likeness (QED) is 0.621. The second kappa shape index (κ2) is 7.88. The fourth-order valence-corrected chi connectivity index (χ4v) is 4.05. The van der Waals surface area contributed by atoms with Crippen LogP contribution in [0.2, 0.25) is 0 Å². The number of thiazole rings is 1. The van der Waals surface area contributed by atoms with Gasteiger partial charge in [0.05, 0.1) is 22.7 Å². The number of ether oxygens (including phenoxy) is 1. The Hall–Kier alpha value is -1.76. The highest BCUT2D eigenvalue weighted by atomic mass is 32.1. The van der Waals surface area contributed by atoms with Crippen molar-refractivity contribution in [3.05, 3.63) is 57.0 Å². The largest absolute Gasteiger partial charge is 0.494 e. The molecule has 0 radical (unpaired) electrons. The summed E-state index contributed by atoms with van der Waals surface area (Å²) in [6.07, 6.45) is 0.951. The predicted molar refractivity (Wildman–Crippen MR) is 98.5 cm³/mol. The van der Waals surface area contributed by atoms with Crippen molar-refractivity contribution in [2.75, 3.05) is 13.7 Å². The molecule has 3 aromatic rings. The molecule has 0 saturated heterocycles. The molecule has 2 aromatic heterocycles. The van der Waals surface area contributed by atoms with Crippen LogP contribution in [0.25, 0.3) is 10.6 Å². The summed E-state index contributed by atoms with van der Waals surface area (Å²) in [5.74, 6) is -0.0413. The third kappa shape index (κ3) is 4.20. The molecule has 1 aromatic carbocycles. The van der Waals surface area contributed by atoms with Crippen LogP contribution in [0.5, 0.6) is 5.75 Å². The Morgan fingerprint density at radius 1 is 1.25 bits per heavy atom. The zero-order chi connectivity index (χ0) is 16.9. The Bertz CT molecular complexity index is 813. The molecule has 0 aliphatic rings. The maximum atomic E-state index is 13.6. The van der Waals surface area contributed by atoms with Gasteiger partial charge in [-0.2, -0.15) is 0 Å². The highest BCUT2D eigenvalue weighted by Gasteiger charge is 2.06. The van der Waals surface area contributed by atoms with Crippen LogP contribution in [0, 0.1) is 12.7 Å². The van der Waals surface area contributed by atoms with Crippen molar-refractivity contribution in [2.45, 2.75) is 19.9 Å². The van der Waals surface area contributed by atoms with Crippen molar-refractivity contribution < 1.29 is 9.13 Å². The van der Waals surface area contributed by atoms with Gasteiger partial charge in [-0.3, -0.25) is 0 Å². The van der Waals surface area contributed by atoms with E-state index in [-0.39, 0.29) is 11.6 Å². The minimum absolute atomic E-state index is 0.280. The first-order valence-electron chi connectivity index (χ1n) is 7.70. The highest BCUT2D eigenvalue weighted by molar-refractivity contribution is 7.16. The average molecular weight is 362 g/mol. The molecule has 1 N–H and O–H groups in total. The first-order valence-corrected chi connectivity index (χ1v) is 9.39. The first-order chi connectivity index (χ1) is 11.7. The lowest BCUT2D eigenvalue weighted by Gasteiger charge is -2.06. The van der Waals surface area contributed by atoms with Crippen molar-refractivity contribution in [1.82, 2.24) is 10.3 Å². The molecule has 0 bridgehead atoms. The Kier molecular flexibility index (Phi) is 5.60. The second-order valence-electron chi connectivity index (χ2n) is 5.41. The molecule has 0 unspecified atom stereocenters. The zero-order valence-electron chi connectivity index (χ0n) is 13.6. The van der Waals surface area contributed by atoms with Crippen LogP contribution >= 0.6 is 22.7 Å². The molecule has 6 heteroatoms. The molecular weight excluding hydrogens is 343 g/mol. The normalized spacial score (nSPS) is 11.0. The van der Waals surface area contributed by atoms with Crippen molar-refractivity contribution in [3.8, 4) is 16.3 Å². The van der Waals surface area contributed by atoms with Crippen LogP contribution in [-0.2, 0) is 13.0 Å². The summed E-state index contributed by atoms with van der Waals surface area (Å²) in [7, 11) is 1.47. The van der Waals surface area contributed by atoms with E-state index in [1.54, 1.807) is 28.7 Å². The van der Waals surface area contributed by atoms with Gasteiger partial charge in [0.1, 0.15) is 0 Å². The summed E-state index contributed by atoms with van der Waals surface area (Å²) < 4.78 is 18.6. The third-order valence-electron chi connectivity index (χ3n) is 3.63. The number of methoxy groups -OCH3 is 1. The molecule has 0 amide bonds. The van der Waals surface area contributed by atoms with Crippen LogP contribution < -0.4 is 10.1 Å². The molecular formula is C18H19FN2OS2. The highest BCUT2D eigenvalue weighted by Crippen LogP contribution is 2.29. The monoisotopic (exact) mass is 362 g/mol. The SMILES string of the molecule is COc1ccc(CNCCc2ccc(-c3csc(C)n3)s2)cc1F. The third-order valence-corrected chi connectivity index (χ3v) is 5.57. The molecule has 126 valence electrons. The Labute approximate surface area is 149 Å². The van der Waals surface area contributed by atoms with E-state index >= 15 is 0 Å². The van der Waals surface area contributed by atoms with Gasteiger partial charge in [0, 0.05) is 23.3 Å². The van der Waals surface area contributed by atoms with Crippen molar-refractivity contribution in [1.29, 1.82) is 0 Å². The molecule has 0 fully saturated rings. The molecule has 3 nitrogen and oxygen atoms in total. The van der Waals surface area contributed by atoms with E-state index in [9.17, 15) is 4.39 Å². The number of benzene rings is 1. The molecule has 0 saturated carbocycles. The fraction of sp³-hybridized carbons (Fsp3) is 0.278. The molecule has 2 heterocycles. The van der Waals surface area contributed by atoms with Gasteiger partial charge in [-0.1, -0.05) is 6.07 Å². The summed E-state index contributed by atoms with van der Waals surface area (Å²) in [4.78, 5) is 7.06. The minimum atomic E-state index is -0.321. The second-order valence-corrected chi connectivity index (χ2v) is 7.64. The number of halogens is 1. The van der Waals surface area contributed by atoms with Gasteiger partial charge >= 0.3 is 0 Å². The van der Waals surface area contributed by atoms with Crippen LogP contribution in [0.1, 0.15) is 15.4 Å². The number of hydrogen-bond donors (Lipinski definition) is 1. The van der Waals surface area contributed by atoms with E-state index in [1.807, 2.05) is 13.0 Å². The molecule has 3 rings (SSSR count). The van der Waals surface area contributed by atoms with Gasteiger partial charge in [-0.15, -0.1) is 22.7 Å². The zero-order valence-corrected chi connectivity index (χ0v) is 15.3. The Morgan fingerprint density at radius 3 is 2.83 bits per heavy atom. The number of rotatable bonds is 7. The number of hydrogen-bond acceptors (Lipinski definition) is 5. The van der Waals surface area contributed by atoms with E-state index < -0.39 is 0 Å². The summed E-state index contributed by atoms with van der Waals surface area (Å²) >= 11 is 3.46. The maximum Gasteiger partial charge on any atom is 0.165 e. The predicted octanol–water partition coefficient (Wildman–Crippen LogP) is 4.66. The average Bonchev–Trinajstić information content (AvgIpc) is 3.20. The van der Waals surface area contributed by atoms with E-state index in [2.05, 4.69) is 27.8 Å². The smallest absolute Gasteiger partial charge is 0.165 e. The Balaban J connectivity index is 1.48. The number of nitrogens with one attached hydrogen (secondary N) is 1. The number of aromatic nitrogens is 1. The molecule has 0 atom stereocenters. The lowest BCUT2D eigenvalue weighted by molar-refractivity contribution is 0.386. The molecule has 0 spiro atoms. The van der Waals surface area contributed by atoms with Crippen molar-refractivity contribution in [2.24, 2.45) is 0 Å². The topological polar surface area (TPSA) is 34.1 Å². The van der Waals surface area contributed by atoms with Crippen LogP contribution in [-0.4, -0.2) is 18.6 Å². The van der Waals surface area contributed by atoms with Gasteiger partial charge in [-0.25, -0.2) is 9.37 Å². The van der Waals surface area contributed by atoms with Gasteiger partial charge in [0.15, 0.2) is 11.6 Å². The number of aryl methyl sites for hydroxylation is 1. The van der Waals surface area contributed by atoms with Crippen molar-refractivity contribution in [3.63, 3.8) is 0 Å². The van der Waals surface area contributed by atoms with Crippen molar-refractivity contribution >= 4 is 22.7 Å².